The topological polar surface area (TPSA) is 421 Å². The maximum Gasteiger partial charge on any atom is 0.697 e. The molecule has 0 spiro atoms. The monoisotopic (exact) mass is 1360 g/mol. The number of anilines is 2. The summed E-state index contributed by atoms with van der Waals surface area (Å²) in [5, 5.41) is 24.6. The Morgan fingerprint density at radius 1 is 0.842 bits per heavy atom. The normalized spacial score (nSPS) is 22.3. The van der Waals surface area contributed by atoms with Crippen LogP contribution in [0, 0.1) is 11.8 Å². The number of benzene rings is 2. The van der Waals surface area contributed by atoms with Crippen molar-refractivity contribution in [1.82, 2.24) is 55.2 Å². The van der Waals surface area contributed by atoms with Crippen LogP contribution in [0.15, 0.2) is 90.4 Å². The van der Waals surface area contributed by atoms with Gasteiger partial charge in [0.1, 0.15) is 74.3 Å². The lowest BCUT2D eigenvalue weighted by molar-refractivity contribution is -0.137. The number of imide groups is 1. The predicted octanol–water partition coefficient (Wildman–Crippen LogP) is 4.75. The molecule has 6 heterocycles. The minimum absolute atomic E-state index is 0.0763. The third kappa shape index (κ3) is 18.7. The van der Waals surface area contributed by atoms with Crippen molar-refractivity contribution in [3.8, 4) is 5.88 Å². The lowest BCUT2D eigenvalue weighted by Gasteiger charge is -2.27. The number of ether oxygens (including phenoxy) is 4. The number of amides is 8. The highest BCUT2D eigenvalue weighted by molar-refractivity contribution is 7.33. The zero-order valence-electron chi connectivity index (χ0n) is 52.7. The van der Waals surface area contributed by atoms with Crippen molar-refractivity contribution in [1.29, 1.82) is 0 Å². The Kier molecular flexibility index (Phi) is 23.3. The van der Waals surface area contributed by atoms with Gasteiger partial charge in [-0.1, -0.05) is 44.2 Å². The Morgan fingerprint density at radius 2 is 1.57 bits per heavy atom. The summed E-state index contributed by atoms with van der Waals surface area (Å²) in [6, 6.07) is 10.8. The average molecular weight is 1360 g/mol. The van der Waals surface area contributed by atoms with Crippen LogP contribution in [0.2, 0.25) is 0 Å². The maximum atomic E-state index is 14.0. The molecule has 5 aromatic rings. The lowest BCUT2D eigenvalue weighted by Crippen LogP contribution is -2.57. The highest BCUT2D eigenvalue weighted by Crippen LogP contribution is 2.45. The van der Waals surface area contributed by atoms with Gasteiger partial charge in [-0.15, -0.1) is 18.1 Å². The van der Waals surface area contributed by atoms with E-state index >= 15 is 0 Å². The smallest absolute Gasteiger partial charge is 0.474 e. The van der Waals surface area contributed by atoms with Crippen LogP contribution in [-0.4, -0.2) is 173 Å². The highest BCUT2D eigenvalue weighted by atomic mass is 31.1. The number of fused-ring (bicyclic) bond motifs is 4. The molecule has 7 N–H and O–H groups in total. The van der Waals surface area contributed by atoms with Crippen LogP contribution < -0.4 is 36.9 Å². The highest BCUT2D eigenvalue weighted by Gasteiger charge is 2.54. The predicted molar refractivity (Wildman–Crippen MR) is 332 cm³/mol. The molecule has 506 valence electrons. The van der Waals surface area contributed by atoms with Gasteiger partial charge in [0.2, 0.25) is 29.5 Å². The number of imidazole rings is 1. The number of aromatic amines is 1. The second-order valence-electron chi connectivity index (χ2n) is 24.1. The number of aliphatic hydroxyl groups is 1. The third-order valence-electron chi connectivity index (χ3n) is 15.4. The van der Waals surface area contributed by atoms with Crippen LogP contribution in [0.1, 0.15) is 101 Å². The number of nitrogens with one attached hydrogen (secondary N) is 6. The molecule has 95 heavy (non-hydrogen) atoms. The molecule has 35 heteroatoms. The van der Waals surface area contributed by atoms with Crippen molar-refractivity contribution in [2.75, 3.05) is 37.4 Å². The Morgan fingerprint density at radius 3 is 2.28 bits per heavy atom. The molecule has 3 fully saturated rings. The molecule has 12 atom stereocenters. The number of carbonyl (C=O) groups excluding carboxylic acids is 8. The summed E-state index contributed by atoms with van der Waals surface area (Å²) in [6.07, 6.45) is -0.716. The summed E-state index contributed by atoms with van der Waals surface area (Å²) in [4.78, 5) is 140. The fraction of sp³-hybridized carbons (Fsp3) is 0.483. The first-order valence-electron chi connectivity index (χ1n) is 30.3. The summed E-state index contributed by atoms with van der Waals surface area (Å²) in [7, 11) is -4.29. The molecular weight excluding hydrogens is 1280 g/mol. The van der Waals surface area contributed by atoms with E-state index in [4.69, 9.17) is 37.0 Å². The third-order valence-corrected chi connectivity index (χ3v) is 17.0. The second kappa shape index (κ2) is 31.4. The molecule has 2 bridgehead atoms. The second-order valence-corrected chi connectivity index (χ2v) is 25.9. The van der Waals surface area contributed by atoms with Crippen molar-refractivity contribution in [3.63, 3.8) is 0 Å². The van der Waals surface area contributed by atoms with E-state index in [1.165, 1.54) is 60.5 Å². The lowest BCUT2D eigenvalue weighted by atomic mass is 10.0. The summed E-state index contributed by atoms with van der Waals surface area (Å²) in [6.45, 7) is 8.92. The number of alkyl carbamates (subject to hydrolysis) is 1. The first-order valence-corrected chi connectivity index (χ1v) is 32.5. The van der Waals surface area contributed by atoms with Gasteiger partial charge in [-0.25, -0.2) is 24.5 Å². The van der Waals surface area contributed by atoms with Gasteiger partial charge in [-0.2, -0.15) is 4.98 Å². The SMILES string of the molecule is CC(C)[C@H](NC(=O)[C@H](CCCCN1C(=O)C=CC1=O)NC(=O)OC(C)(C)C)C(=O)N[C@@H](C)C(=O)Nc1ccc(COC(=O)N(C)Cc2ccccc2C(=O)Nc2nc3c(ncn3[C@@H]3OC4CO[P+](=O)O[C@H]5C[C@H](Oc6ccncn6)C[C@@H]5CO[P+](=O)O[C@@H]3[C@@H]4O)c(=O)[nH]2)cc1. The van der Waals surface area contributed by atoms with Gasteiger partial charge in [-0.3, -0.25) is 53.3 Å². The Hall–Kier alpha value is -9.07. The maximum absolute atomic E-state index is 14.0. The molecule has 1 saturated carbocycles. The van der Waals surface area contributed by atoms with Gasteiger partial charge in [0.15, 0.2) is 23.5 Å². The molecule has 9 rings (SSSR count). The summed E-state index contributed by atoms with van der Waals surface area (Å²) < 4.78 is 73.6. The minimum Gasteiger partial charge on any atom is -0.474 e. The fourth-order valence-electron chi connectivity index (χ4n) is 10.6. The summed E-state index contributed by atoms with van der Waals surface area (Å²) in [5.74, 6) is -4.57. The number of rotatable bonds is 22. The first-order chi connectivity index (χ1) is 45.3. The Labute approximate surface area is 545 Å². The number of hydrogen-bond donors (Lipinski definition) is 7. The van der Waals surface area contributed by atoms with E-state index in [2.05, 4.69) is 51.5 Å². The number of aromatic nitrogens is 6. The van der Waals surface area contributed by atoms with E-state index in [0.717, 1.165) is 4.90 Å². The largest absolute Gasteiger partial charge is 0.697 e. The number of H-pyrrole nitrogens is 1. The number of nitrogens with zero attached hydrogens (tertiary/aromatic N) is 7. The molecule has 3 unspecified atom stereocenters. The zero-order valence-corrected chi connectivity index (χ0v) is 54.5. The summed E-state index contributed by atoms with van der Waals surface area (Å²) in [5.41, 5.74) is -0.700. The van der Waals surface area contributed by atoms with Crippen molar-refractivity contribution < 1.29 is 89.6 Å². The number of aliphatic hydroxyl groups excluding tert-OH is 1. The zero-order chi connectivity index (χ0) is 68.3. The van der Waals surface area contributed by atoms with Gasteiger partial charge in [0.05, 0.1) is 6.33 Å². The van der Waals surface area contributed by atoms with Crippen LogP contribution in [0.4, 0.5) is 21.2 Å². The molecule has 4 aliphatic rings. The Balaban J connectivity index is 0.757. The van der Waals surface area contributed by atoms with Crippen LogP contribution in [0.3, 0.4) is 0 Å². The molecule has 3 aromatic heterocycles. The van der Waals surface area contributed by atoms with Crippen LogP contribution in [0.5, 0.6) is 5.88 Å². The molecule has 0 radical (unpaired) electrons. The molecular formula is C60H73N13O20P2+2. The average Bonchev–Trinajstić information content (AvgIpc) is 1.63. The molecule has 33 nitrogen and oxygen atoms in total. The molecule has 2 saturated heterocycles. The van der Waals surface area contributed by atoms with Gasteiger partial charge >= 0.3 is 28.7 Å². The number of unbranched alkanes of at least 4 members (excludes halogenated alkanes) is 1. The van der Waals surface area contributed by atoms with E-state index in [1.807, 2.05) is 0 Å². The van der Waals surface area contributed by atoms with Crippen LogP contribution in [-0.2, 0) is 78.6 Å². The first kappa shape index (κ1) is 70.3. The van der Waals surface area contributed by atoms with Gasteiger partial charge in [0, 0.05) is 77.3 Å². The molecule has 2 aromatic carbocycles. The standard InChI is InChI=1S/C60H71N13O20P2/c1-32(2)46(67-53(79)40(66-58(82)91-60(4,5)6)14-10-11-23-72-44(74)19-20-45(72)75)54(80)64-33(3)51(77)65-37-17-15-34(16-18-37)27-86-59(83)71(7)26-35-12-8-9-13-39(35)52(78)69-57-68-50-47(55(81)70-57)63-31-73(50)56-49-48(76)42(90-56)29-88-94(84)92-41-25-38(89-43-21-22-61-30-62-43)24-36(41)28-87-95(85)93-49/h8-9,12-13,15-22,30-33,36,38,40-42,46,48-49,56,76H,10-11,14,23-29H2,1-7H3,(H4-2,64,65,66,67,68,69,70,77,78,79,80,81,82)/p+2/t33-,36+,38+,40-,41-,42?,46-,48+,49+,56+/m0/s1. The van der Waals surface area contributed by atoms with Crippen molar-refractivity contribution >= 4 is 86.9 Å². The van der Waals surface area contributed by atoms with Crippen molar-refractivity contribution in [3.05, 3.63) is 113 Å². The number of carbonyl (C=O) groups is 8. The Bertz CT molecular complexity index is 3760. The number of hydrogen-bond acceptors (Lipinski definition) is 24. The van der Waals surface area contributed by atoms with Crippen molar-refractivity contribution in [2.45, 2.75) is 147 Å². The van der Waals surface area contributed by atoms with E-state index in [0.29, 0.717) is 42.0 Å². The van der Waals surface area contributed by atoms with E-state index in [9.17, 15) is 57.4 Å². The molecule has 1 aliphatic carbocycles. The molecule has 3 aliphatic heterocycles. The van der Waals surface area contributed by atoms with E-state index in [-0.39, 0.29) is 61.8 Å². The van der Waals surface area contributed by atoms with Gasteiger partial charge in [0.25, 0.3) is 23.3 Å². The van der Waals surface area contributed by atoms with Crippen LogP contribution >= 0.6 is 16.5 Å². The van der Waals surface area contributed by atoms with Gasteiger partial charge in [-0.05, 0) is 88.6 Å². The minimum atomic E-state index is -2.95. The summed E-state index contributed by atoms with van der Waals surface area (Å²) >= 11 is 0. The van der Waals surface area contributed by atoms with E-state index < -0.39 is 149 Å². The quantitative estimate of drug-likeness (QED) is 0.0279. The van der Waals surface area contributed by atoms with Crippen LogP contribution in [0.25, 0.3) is 11.2 Å². The fourth-order valence-corrected chi connectivity index (χ4v) is 12.2. The van der Waals surface area contributed by atoms with Gasteiger partial charge < -0.3 is 50.2 Å². The van der Waals surface area contributed by atoms with Crippen molar-refractivity contribution in [2.24, 2.45) is 11.8 Å². The van der Waals surface area contributed by atoms with E-state index in [1.54, 1.807) is 83.1 Å². The molecule has 8 amide bonds.